The number of ether oxygens (including phenoxy) is 1. The fraction of sp³-hybridized carbons (Fsp3) is 0.222. The first-order chi connectivity index (χ1) is 11.2. The van der Waals surface area contributed by atoms with Gasteiger partial charge in [0.05, 0.1) is 11.6 Å². The molecule has 1 amide bonds. The number of halogens is 1. The first-order valence-electron chi connectivity index (χ1n) is 7.38. The van der Waals surface area contributed by atoms with E-state index in [1.54, 1.807) is 24.3 Å². The molecule has 0 saturated heterocycles. The number of nitrogens with one attached hydrogen (secondary N) is 1. The van der Waals surface area contributed by atoms with Crippen molar-refractivity contribution in [1.82, 2.24) is 0 Å². The minimum atomic E-state index is -0.449. The maximum absolute atomic E-state index is 13.1. The summed E-state index contributed by atoms with van der Waals surface area (Å²) in [4.78, 5) is 11.8. The lowest BCUT2D eigenvalue weighted by atomic mass is 10.1. The highest BCUT2D eigenvalue weighted by Crippen LogP contribution is 2.30. The Bertz CT molecular complexity index is 779. The zero-order chi connectivity index (χ0) is 16.2. The Hall–Kier alpha value is -2.87. The molecule has 3 rings (SSSR count). The van der Waals surface area contributed by atoms with E-state index in [2.05, 4.69) is 5.32 Å². The zero-order valence-electron chi connectivity index (χ0n) is 12.4. The van der Waals surface area contributed by atoms with Crippen LogP contribution in [0.1, 0.15) is 24.0 Å². The summed E-state index contributed by atoms with van der Waals surface area (Å²) in [6, 6.07) is 13.1. The summed E-state index contributed by atoms with van der Waals surface area (Å²) in [5.74, 6) is 0.298. The molecule has 1 fully saturated rings. The van der Waals surface area contributed by atoms with Crippen LogP contribution >= 0.6 is 0 Å². The monoisotopic (exact) mass is 310 g/mol. The van der Waals surface area contributed by atoms with Crippen LogP contribution in [0, 0.1) is 23.1 Å². The number of rotatable bonds is 5. The van der Waals surface area contributed by atoms with Crippen molar-refractivity contribution in [1.29, 1.82) is 5.26 Å². The second-order valence-corrected chi connectivity index (χ2v) is 5.49. The topological polar surface area (TPSA) is 62.1 Å². The molecule has 0 aromatic heterocycles. The molecule has 0 aliphatic heterocycles. The highest BCUT2D eigenvalue weighted by Gasteiger charge is 2.29. The molecule has 2 aromatic rings. The molecular formula is C18H15FN2O2. The van der Waals surface area contributed by atoms with Gasteiger partial charge in [-0.25, -0.2) is 4.39 Å². The summed E-state index contributed by atoms with van der Waals surface area (Å²) in [5.41, 5.74) is 1.54. The van der Waals surface area contributed by atoms with E-state index in [1.165, 1.54) is 18.2 Å². The van der Waals surface area contributed by atoms with Crippen LogP contribution in [-0.2, 0) is 11.4 Å². The molecule has 0 unspecified atom stereocenters. The van der Waals surface area contributed by atoms with E-state index in [0.717, 1.165) is 12.8 Å². The van der Waals surface area contributed by atoms with E-state index in [-0.39, 0.29) is 24.0 Å². The van der Waals surface area contributed by atoms with E-state index in [9.17, 15) is 9.18 Å². The van der Waals surface area contributed by atoms with Crippen molar-refractivity contribution < 1.29 is 13.9 Å². The van der Waals surface area contributed by atoms with Gasteiger partial charge in [-0.3, -0.25) is 4.79 Å². The third-order valence-corrected chi connectivity index (χ3v) is 3.64. The van der Waals surface area contributed by atoms with Gasteiger partial charge in [-0.2, -0.15) is 5.26 Å². The highest BCUT2D eigenvalue weighted by atomic mass is 19.1. The second kappa shape index (κ2) is 6.49. The first-order valence-corrected chi connectivity index (χ1v) is 7.38. The number of amides is 1. The normalized spacial score (nSPS) is 13.2. The van der Waals surface area contributed by atoms with Crippen molar-refractivity contribution in [3.8, 4) is 11.8 Å². The van der Waals surface area contributed by atoms with Crippen molar-refractivity contribution in [3.63, 3.8) is 0 Å². The molecule has 0 radical (unpaired) electrons. The van der Waals surface area contributed by atoms with E-state index in [0.29, 0.717) is 17.0 Å². The number of anilines is 1. The molecule has 2 aromatic carbocycles. The van der Waals surface area contributed by atoms with E-state index < -0.39 is 5.82 Å². The van der Waals surface area contributed by atoms with Crippen LogP contribution < -0.4 is 10.1 Å². The Balaban J connectivity index is 1.66. The third-order valence-electron chi connectivity index (χ3n) is 3.64. The molecule has 1 saturated carbocycles. The lowest BCUT2D eigenvalue weighted by Gasteiger charge is -2.10. The molecule has 0 heterocycles. The molecule has 0 spiro atoms. The number of nitrogens with zero attached hydrogens (tertiary/aromatic N) is 1. The van der Waals surface area contributed by atoms with Gasteiger partial charge in [-0.1, -0.05) is 12.1 Å². The van der Waals surface area contributed by atoms with Crippen LogP contribution in [0.4, 0.5) is 10.1 Å². The smallest absolute Gasteiger partial charge is 0.227 e. The lowest BCUT2D eigenvalue weighted by molar-refractivity contribution is -0.117. The average molecular weight is 310 g/mol. The standard InChI is InChI=1S/C18H15FN2O2/c19-15-7-6-13(14(8-15)10-20)11-23-17-3-1-2-16(9-17)21-18(22)12-4-5-12/h1-3,6-9,12H,4-5,11H2,(H,21,22). The van der Waals surface area contributed by atoms with Crippen LogP contribution in [-0.4, -0.2) is 5.91 Å². The average Bonchev–Trinajstić information content (AvgIpc) is 3.39. The largest absolute Gasteiger partial charge is 0.489 e. The predicted octanol–water partition coefficient (Wildman–Crippen LogP) is 3.62. The summed E-state index contributed by atoms with van der Waals surface area (Å²) >= 11 is 0. The number of nitriles is 1. The van der Waals surface area contributed by atoms with Gasteiger partial charge < -0.3 is 10.1 Å². The second-order valence-electron chi connectivity index (χ2n) is 5.49. The maximum Gasteiger partial charge on any atom is 0.227 e. The van der Waals surface area contributed by atoms with Gasteiger partial charge in [-0.15, -0.1) is 0 Å². The molecule has 5 heteroatoms. The summed E-state index contributed by atoms with van der Waals surface area (Å²) in [6.45, 7) is 0.156. The van der Waals surface area contributed by atoms with Crippen molar-refractivity contribution in [3.05, 3.63) is 59.4 Å². The molecule has 1 N–H and O–H groups in total. The lowest BCUT2D eigenvalue weighted by Crippen LogP contribution is -2.13. The van der Waals surface area contributed by atoms with Crippen LogP contribution in [0.15, 0.2) is 42.5 Å². The fourth-order valence-corrected chi connectivity index (χ4v) is 2.19. The van der Waals surface area contributed by atoms with Crippen molar-refractivity contribution in [2.24, 2.45) is 5.92 Å². The SMILES string of the molecule is N#Cc1cc(F)ccc1COc1cccc(NC(=O)C2CC2)c1. The Morgan fingerprint density at radius 1 is 1.30 bits per heavy atom. The van der Waals surface area contributed by atoms with Gasteiger partial charge in [0.25, 0.3) is 0 Å². The number of hydrogen-bond acceptors (Lipinski definition) is 3. The third kappa shape index (κ3) is 3.86. The summed E-state index contributed by atoms with van der Waals surface area (Å²) in [6.07, 6.45) is 1.90. The summed E-state index contributed by atoms with van der Waals surface area (Å²) in [5, 5.41) is 11.9. The summed E-state index contributed by atoms with van der Waals surface area (Å²) in [7, 11) is 0. The number of carbonyl (C=O) groups excluding carboxylic acids is 1. The van der Waals surface area contributed by atoms with Gasteiger partial charge in [0.1, 0.15) is 18.2 Å². The molecule has 116 valence electrons. The van der Waals surface area contributed by atoms with Gasteiger partial charge in [0, 0.05) is 23.2 Å². The first kappa shape index (κ1) is 15.0. The number of benzene rings is 2. The molecule has 4 nitrogen and oxygen atoms in total. The zero-order valence-corrected chi connectivity index (χ0v) is 12.4. The quantitative estimate of drug-likeness (QED) is 0.917. The Labute approximate surface area is 133 Å². The van der Waals surface area contributed by atoms with E-state index in [4.69, 9.17) is 10.00 Å². The van der Waals surface area contributed by atoms with E-state index in [1.807, 2.05) is 6.07 Å². The predicted molar refractivity (Wildman–Crippen MR) is 83.2 cm³/mol. The van der Waals surface area contributed by atoms with Crippen LogP contribution in [0.2, 0.25) is 0 Å². The maximum atomic E-state index is 13.1. The van der Waals surface area contributed by atoms with Crippen LogP contribution in [0.5, 0.6) is 5.75 Å². The van der Waals surface area contributed by atoms with Gasteiger partial charge >= 0.3 is 0 Å². The van der Waals surface area contributed by atoms with Crippen LogP contribution in [0.25, 0.3) is 0 Å². The van der Waals surface area contributed by atoms with Gasteiger partial charge in [0.2, 0.25) is 5.91 Å². The Morgan fingerprint density at radius 3 is 2.87 bits per heavy atom. The minimum Gasteiger partial charge on any atom is -0.489 e. The molecule has 1 aliphatic rings. The van der Waals surface area contributed by atoms with Crippen molar-refractivity contribution >= 4 is 11.6 Å². The number of hydrogen-bond donors (Lipinski definition) is 1. The molecule has 23 heavy (non-hydrogen) atoms. The Kier molecular flexibility index (Phi) is 4.24. The highest BCUT2D eigenvalue weighted by molar-refractivity contribution is 5.94. The van der Waals surface area contributed by atoms with Crippen molar-refractivity contribution in [2.45, 2.75) is 19.4 Å². The summed E-state index contributed by atoms with van der Waals surface area (Å²) < 4.78 is 18.8. The molecule has 0 atom stereocenters. The van der Waals surface area contributed by atoms with Gasteiger partial charge in [0.15, 0.2) is 0 Å². The van der Waals surface area contributed by atoms with Crippen LogP contribution in [0.3, 0.4) is 0 Å². The molecule has 0 bridgehead atoms. The minimum absolute atomic E-state index is 0.0347. The van der Waals surface area contributed by atoms with Gasteiger partial charge in [-0.05, 0) is 37.1 Å². The Morgan fingerprint density at radius 2 is 2.13 bits per heavy atom. The molecular weight excluding hydrogens is 295 g/mol. The number of carbonyl (C=O) groups is 1. The van der Waals surface area contributed by atoms with Crippen molar-refractivity contribution in [2.75, 3.05) is 5.32 Å². The van der Waals surface area contributed by atoms with E-state index >= 15 is 0 Å². The molecule has 1 aliphatic carbocycles. The fourth-order valence-electron chi connectivity index (χ4n) is 2.19.